The molecule has 1 amide bonds. The van der Waals surface area contributed by atoms with Gasteiger partial charge >= 0.3 is 0 Å². The van der Waals surface area contributed by atoms with Crippen LogP contribution in [0.1, 0.15) is 28.4 Å². The van der Waals surface area contributed by atoms with Gasteiger partial charge in [0.15, 0.2) is 0 Å². The van der Waals surface area contributed by atoms with Gasteiger partial charge in [-0.3, -0.25) is 4.79 Å². The van der Waals surface area contributed by atoms with Crippen LogP contribution < -0.4 is 10.2 Å². The summed E-state index contributed by atoms with van der Waals surface area (Å²) < 4.78 is 5.20. The van der Waals surface area contributed by atoms with Gasteiger partial charge in [-0.2, -0.15) is 5.10 Å². The van der Waals surface area contributed by atoms with Gasteiger partial charge in [0.05, 0.1) is 13.3 Å². The van der Waals surface area contributed by atoms with Crippen molar-refractivity contribution in [1.29, 1.82) is 0 Å². The average Bonchev–Trinajstić information content (AvgIpc) is 2.55. The second kappa shape index (κ2) is 7.24. The van der Waals surface area contributed by atoms with Gasteiger partial charge in [0, 0.05) is 5.56 Å². The zero-order chi connectivity index (χ0) is 15.1. The minimum Gasteiger partial charge on any atom is -0.497 e. The minimum absolute atomic E-state index is 0.224. The lowest BCUT2D eigenvalue weighted by Gasteiger charge is -2.06. The summed E-state index contributed by atoms with van der Waals surface area (Å²) in [7, 11) is 1.64. The van der Waals surface area contributed by atoms with Crippen molar-refractivity contribution < 1.29 is 9.53 Å². The van der Waals surface area contributed by atoms with Crippen LogP contribution in [-0.2, 0) is 6.42 Å². The second-order valence-corrected chi connectivity index (χ2v) is 4.48. The van der Waals surface area contributed by atoms with E-state index in [1.165, 1.54) is 0 Å². The molecule has 0 saturated heterocycles. The fourth-order valence-electron chi connectivity index (χ4n) is 1.96. The fraction of sp³-hybridized carbons (Fsp3) is 0.176. The number of carbonyl (C=O) groups excluding carboxylic acids is 1. The minimum atomic E-state index is -0.224. The van der Waals surface area contributed by atoms with Gasteiger partial charge in [0.1, 0.15) is 5.75 Å². The first-order chi connectivity index (χ1) is 10.2. The van der Waals surface area contributed by atoms with Gasteiger partial charge in [-0.1, -0.05) is 25.1 Å². The van der Waals surface area contributed by atoms with E-state index in [2.05, 4.69) is 17.5 Å². The summed E-state index contributed by atoms with van der Waals surface area (Å²) in [6.45, 7) is 2.06. The molecule has 2 rings (SSSR count). The largest absolute Gasteiger partial charge is 0.497 e. The Labute approximate surface area is 124 Å². The van der Waals surface area contributed by atoms with Crippen LogP contribution in [0, 0.1) is 0 Å². The fourth-order valence-corrected chi connectivity index (χ4v) is 1.96. The van der Waals surface area contributed by atoms with E-state index in [1.807, 2.05) is 36.4 Å². The molecule has 108 valence electrons. The number of hydrogen-bond acceptors (Lipinski definition) is 3. The van der Waals surface area contributed by atoms with Crippen LogP contribution in [0.3, 0.4) is 0 Å². The molecule has 0 aliphatic heterocycles. The molecule has 4 heteroatoms. The van der Waals surface area contributed by atoms with Crippen LogP contribution in [-0.4, -0.2) is 19.2 Å². The molecule has 0 saturated carbocycles. The summed E-state index contributed by atoms with van der Waals surface area (Å²) in [5.41, 5.74) is 5.19. The average molecular weight is 282 g/mol. The third-order valence-corrected chi connectivity index (χ3v) is 3.14. The normalized spacial score (nSPS) is 10.6. The van der Waals surface area contributed by atoms with Crippen molar-refractivity contribution >= 4 is 12.1 Å². The molecule has 0 radical (unpaired) electrons. The number of nitrogens with zero attached hydrogens (tertiary/aromatic N) is 1. The number of amides is 1. The highest BCUT2D eigenvalue weighted by atomic mass is 16.5. The van der Waals surface area contributed by atoms with Gasteiger partial charge in [0.2, 0.25) is 0 Å². The van der Waals surface area contributed by atoms with Gasteiger partial charge in [0.25, 0.3) is 5.91 Å². The van der Waals surface area contributed by atoms with Crippen molar-refractivity contribution in [2.24, 2.45) is 5.10 Å². The predicted molar refractivity (Wildman–Crippen MR) is 83.9 cm³/mol. The number of ether oxygens (including phenoxy) is 1. The van der Waals surface area contributed by atoms with Gasteiger partial charge < -0.3 is 4.74 Å². The van der Waals surface area contributed by atoms with Crippen molar-refractivity contribution in [3.8, 4) is 5.75 Å². The Morgan fingerprint density at radius 3 is 2.67 bits per heavy atom. The van der Waals surface area contributed by atoms with Crippen LogP contribution >= 0.6 is 0 Å². The number of hydrogen-bond donors (Lipinski definition) is 1. The Kier molecular flexibility index (Phi) is 5.10. The van der Waals surface area contributed by atoms with Crippen LogP contribution in [0.4, 0.5) is 0 Å². The molecule has 0 aliphatic rings. The number of aryl methyl sites for hydroxylation is 1. The molecule has 0 aliphatic carbocycles. The van der Waals surface area contributed by atoms with Crippen molar-refractivity contribution in [3.63, 3.8) is 0 Å². The summed E-state index contributed by atoms with van der Waals surface area (Å²) >= 11 is 0. The highest BCUT2D eigenvalue weighted by Crippen LogP contribution is 2.16. The van der Waals surface area contributed by atoms with Crippen molar-refractivity contribution in [1.82, 2.24) is 5.43 Å². The van der Waals surface area contributed by atoms with Crippen LogP contribution in [0.25, 0.3) is 0 Å². The topological polar surface area (TPSA) is 50.7 Å². The van der Waals surface area contributed by atoms with E-state index in [0.29, 0.717) is 5.56 Å². The molecule has 0 heterocycles. The summed E-state index contributed by atoms with van der Waals surface area (Å²) in [5.74, 6) is 0.593. The Bertz CT molecular complexity index is 636. The second-order valence-electron chi connectivity index (χ2n) is 4.48. The molecule has 0 spiro atoms. The summed E-state index contributed by atoms with van der Waals surface area (Å²) in [5, 5.41) is 4.02. The number of nitrogens with one attached hydrogen (secondary N) is 1. The standard InChI is InChI=1S/C17H18N2O2/c1-3-13-11-16(21-2)10-9-15(13)12-18-19-17(20)14-7-5-4-6-8-14/h4-12H,3H2,1-2H3,(H,19,20)/b18-12+. The van der Waals surface area contributed by atoms with E-state index >= 15 is 0 Å². The lowest BCUT2D eigenvalue weighted by Crippen LogP contribution is -2.17. The Balaban J connectivity index is 2.06. The van der Waals surface area contributed by atoms with E-state index in [4.69, 9.17) is 4.74 Å². The maximum atomic E-state index is 11.8. The van der Waals surface area contributed by atoms with Gasteiger partial charge in [-0.05, 0) is 47.9 Å². The van der Waals surface area contributed by atoms with E-state index in [1.54, 1.807) is 25.5 Å². The third-order valence-electron chi connectivity index (χ3n) is 3.14. The molecule has 21 heavy (non-hydrogen) atoms. The van der Waals surface area contributed by atoms with Gasteiger partial charge in [-0.25, -0.2) is 5.43 Å². The highest BCUT2D eigenvalue weighted by molar-refractivity contribution is 5.94. The monoisotopic (exact) mass is 282 g/mol. The third kappa shape index (κ3) is 3.92. The van der Waals surface area contributed by atoms with Crippen molar-refractivity contribution in [2.75, 3.05) is 7.11 Å². The Morgan fingerprint density at radius 1 is 1.24 bits per heavy atom. The SMILES string of the molecule is CCc1cc(OC)ccc1/C=N/NC(=O)c1ccccc1. The van der Waals surface area contributed by atoms with E-state index < -0.39 is 0 Å². The molecule has 1 N–H and O–H groups in total. The van der Waals surface area contributed by atoms with E-state index in [-0.39, 0.29) is 5.91 Å². The van der Waals surface area contributed by atoms with Crippen molar-refractivity contribution in [2.45, 2.75) is 13.3 Å². The van der Waals surface area contributed by atoms with E-state index in [0.717, 1.165) is 23.3 Å². The number of rotatable bonds is 5. The van der Waals surface area contributed by atoms with Crippen molar-refractivity contribution in [3.05, 3.63) is 65.2 Å². The zero-order valence-corrected chi connectivity index (χ0v) is 12.2. The first-order valence-electron chi connectivity index (χ1n) is 6.80. The first kappa shape index (κ1) is 14.8. The maximum Gasteiger partial charge on any atom is 0.271 e. The molecule has 4 nitrogen and oxygen atoms in total. The number of methoxy groups -OCH3 is 1. The summed E-state index contributed by atoms with van der Waals surface area (Å²) in [6.07, 6.45) is 2.52. The zero-order valence-electron chi connectivity index (χ0n) is 12.2. The lowest BCUT2D eigenvalue weighted by molar-refractivity contribution is 0.0955. The molecule has 0 aromatic heterocycles. The highest BCUT2D eigenvalue weighted by Gasteiger charge is 2.03. The van der Waals surface area contributed by atoms with E-state index in [9.17, 15) is 4.79 Å². The predicted octanol–water partition coefficient (Wildman–Crippen LogP) is 3.02. The molecule has 2 aromatic carbocycles. The molecule has 0 unspecified atom stereocenters. The van der Waals surface area contributed by atoms with Gasteiger partial charge in [-0.15, -0.1) is 0 Å². The number of benzene rings is 2. The number of carbonyl (C=O) groups is 1. The smallest absolute Gasteiger partial charge is 0.271 e. The summed E-state index contributed by atoms with van der Waals surface area (Å²) in [4.78, 5) is 11.8. The molecule has 0 bridgehead atoms. The van der Waals surface area contributed by atoms with Crippen LogP contribution in [0.2, 0.25) is 0 Å². The number of hydrazone groups is 1. The maximum absolute atomic E-state index is 11.8. The Hall–Kier alpha value is -2.62. The molecule has 2 aromatic rings. The molecular formula is C17H18N2O2. The molecular weight excluding hydrogens is 264 g/mol. The lowest BCUT2D eigenvalue weighted by atomic mass is 10.1. The summed E-state index contributed by atoms with van der Waals surface area (Å²) in [6, 6.07) is 14.8. The quantitative estimate of drug-likeness (QED) is 0.677. The van der Waals surface area contributed by atoms with Crippen LogP contribution in [0.15, 0.2) is 53.6 Å². The van der Waals surface area contributed by atoms with Crippen LogP contribution in [0.5, 0.6) is 5.75 Å². The molecule has 0 atom stereocenters. The Morgan fingerprint density at radius 2 is 2.00 bits per heavy atom. The first-order valence-corrected chi connectivity index (χ1v) is 6.80. The molecule has 0 fully saturated rings.